The first-order valence-electron chi connectivity index (χ1n) is 5.87. The van der Waals surface area contributed by atoms with Gasteiger partial charge >= 0.3 is 0 Å². The number of hydrogen-bond acceptors (Lipinski definition) is 3. The third kappa shape index (κ3) is 1.86. The summed E-state index contributed by atoms with van der Waals surface area (Å²) in [6, 6.07) is 0. The summed E-state index contributed by atoms with van der Waals surface area (Å²) in [6.07, 6.45) is 8.12. The molecule has 2 heterocycles. The Morgan fingerprint density at radius 1 is 1.50 bits per heavy atom. The van der Waals surface area contributed by atoms with Gasteiger partial charge in [-0.3, -0.25) is 4.68 Å². The minimum Gasteiger partial charge on any atom is -0.383 e. The number of aromatic nitrogens is 4. The zero-order chi connectivity index (χ0) is 13.3. The van der Waals surface area contributed by atoms with Crippen molar-refractivity contribution in [2.24, 2.45) is 7.05 Å². The van der Waals surface area contributed by atoms with Crippen molar-refractivity contribution in [3.63, 3.8) is 0 Å². The fraction of sp³-hybridized carbons (Fsp3) is 0.385. The topological polar surface area (TPSA) is 61.7 Å². The predicted octanol–water partition coefficient (Wildman–Crippen LogP) is 1.37. The number of imidazole rings is 1. The van der Waals surface area contributed by atoms with Crippen molar-refractivity contribution in [2.75, 3.05) is 5.73 Å². The van der Waals surface area contributed by atoms with Crippen molar-refractivity contribution in [1.29, 1.82) is 0 Å². The molecule has 0 amide bonds. The summed E-state index contributed by atoms with van der Waals surface area (Å²) in [5.74, 6) is 4.02. The van der Waals surface area contributed by atoms with E-state index in [9.17, 15) is 0 Å². The molecule has 0 atom stereocenters. The number of hydrogen-bond donors (Lipinski definition) is 1. The van der Waals surface area contributed by atoms with Gasteiger partial charge in [0.15, 0.2) is 0 Å². The van der Waals surface area contributed by atoms with E-state index in [0.717, 1.165) is 29.2 Å². The van der Waals surface area contributed by atoms with Crippen molar-refractivity contribution >= 4 is 5.82 Å². The summed E-state index contributed by atoms with van der Waals surface area (Å²) in [6.45, 7) is 4.40. The first-order chi connectivity index (χ1) is 8.58. The lowest BCUT2D eigenvalue weighted by Gasteiger charge is -2.02. The number of terminal acetylenes is 1. The predicted molar refractivity (Wildman–Crippen MR) is 71.8 cm³/mol. The lowest BCUT2D eigenvalue weighted by molar-refractivity contribution is 0.746. The monoisotopic (exact) mass is 243 g/mol. The Kier molecular flexibility index (Phi) is 3.11. The third-order valence-corrected chi connectivity index (χ3v) is 2.94. The molecule has 18 heavy (non-hydrogen) atoms. The van der Waals surface area contributed by atoms with Crippen LogP contribution in [-0.4, -0.2) is 19.3 Å². The first-order valence-corrected chi connectivity index (χ1v) is 5.87. The van der Waals surface area contributed by atoms with Crippen molar-refractivity contribution < 1.29 is 0 Å². The zero-order valence-corrected chi connectivity index (χ0v) is 10.9. The summed E-state index contributed by atoms with van der Waals surface area (Å²) in [5, 5.41) is 4.40. The van der Waals surface area contributed by atoms with E-state index in [1.165, 1.54) is 0 Å². The molecule has 0 radical (unpaired) electrons. The highest BCUT2D eigenvalue weighted by Gasteiger charge is 2.17. The number of nitrogens with zero attached hydrogens (tertiary/aromatic N) is 4. The molecule has 0 fully saturated rings. The maximum absolute atomic E-state index is 6.12. The summed E-state index contributed by atoms with van der Waals surface area (Å²) >= 11 is 0. The lowest BCUT2D eigenvalue weighted by Crippen LogP contribution is -2.03. The van der Waals surface area contributed by atoms with Crippen LogP contribution in [0.2, 0.25) is 0 Å². The molecular formula is C13H17N5. The fourth-order valence-corrected chi connectivity index (χ4v) is 2.06. The van der Waals surface area contributed by atoms with E-state index < -0.39 is 0 Å². The maximum atomic E-state index is 6.12. The van der Waals surface area contributed by atoms with Gasteiger partial charge in [0.2, 0.25) is 0 Å². The second kappa shape index (κ2) is 4.57. The zero-order valence-electron chi connectivity index (χ0n) is 10.9. The third-order valence-electron chi connectivity index (χ3n) is 2.94. The highest BCUT2D eigenvalue weighted by molar-refractivity contribution is 5.72. The van der Waals surface area contributed by atoms with Crippen LogP contribution in [0.1, 0.15) is 18.4 Å². The number of nitrogen functional groups attached to an aromatic ring is 1. The Morgan fingerprint density at radius 2 is 2.22 bits per heavy atom. The number of nitrogens with two attached hydrogens (primary N) is 1. The number of aryl methyl sites for hydroxylation is 3. The van der Waals surface area contributed by atoms with Crippen molar-refractivity contribution in [3.05, 3.63) is 17.7 Å². The van der Waals surface area contributed by atoms with Gasteiger partial charge in [-0.1, -0.05) is 12.8 Å². The molecule has 0 saturated carbocycles. The van der Waals surface area contributed by atoms with Gasteiger partial charge in [0.25, 0.3) is 0 Å². The van der Waals surface area contributed by atoms with Crippen molar-refractivity contribution in [1.82, 2.24) is 19.3 Å². The van der Waals surface area contributed by atoms with Crippen molar-refractivity contribution in [3.8, 4) is 23.6 Å². The molecule has 0 saturated heterocycles. The van der Waals surface area contributed by atoms with Gasteiger partial charge in [-0.25, -0.2) is 4.98 Å². The molecule has 0 aliphatic carbocycles. The van der Waals surface area contributed by atoms with Gasteiger partial charge < -0.3 is 10.3 Å². The highest BCUT2D eigenvalue weighted by atomic mass is 15.3. The second-order valence-electron chi connectivity index (χ2n) is 4.20. The van der Waals surface area contributed by atoms with Crippen LogP contribution < -0.4 is 5.73 Å². The molecule has 0 bridgehead atoms. The average molecular weight is 243 g/mol. The van der Waals surface area contributed by atoms with Crippen LogP contribution in [-0.2, 0) is 20.0 Å². The van der Waals surface area contributed by atoms with Crippen molar-refractivity contribution in [2.45, 2.75) is 26.8 Å². The molecule has 2 aromatic heterocycles. The van der Waals surface area contributed by atoms with Gasteiger partial charge in [-0.15, -0.1) is 6.42 Å². The molecule has 5 heteroatoms. The molecule has 2 N–H and O–H groups in total. The van der Waals surface area contributed by atoms with Crippen LogP contribution in [0.25, 0.3) is 11.3 Å². The normalized spacial score (nSPS) is 10.6. The Bertz CT molecular complexity index is 612. The van der Waals surface area contributed by atoms with Crippen LogP contribution in [0.4, 0.5) is 5.82 Å². The summed E-state index contributed by atoms with van der Waals surface area (Å²) < 4.78 is 3.62. The smallest absolute Gasteiger partial charge is 0.132 e. The molecule has 2 rings (SSSR count). The van der Waals surface area contributed by atoms with Gasteiger partial charge in [0, 0.05) is 18.8 Å². The van der Waals surface area contributed by atoms with Crippen LogP contribution in [0.15, 0.2) is 6.20 Å². The molecule has 0 aliphatic heterocycles. The molecule has 94 valence electrons. The number of anilines is 1. The Hall–Kier alpha value is -2.22. The van der Waals surface area contributed by atoms with Crippen LogP contribution >= 0.6 is 0 Å². The quantitative estimate of drug-likeness (QED) is 0.828. The fourth-order valence-electron chi connectivity index (χ4n) is 2.06. The van der Waals surface area contributed by atoms with Gasteiger partial charge in [0.05, 0.1) is 12.2 Å². The minimum atomic E-state index is 0.437. The summed E-state index contributed by atoms with van der Waals surface area (Å²) in [4.78, 5) is 4.51. The molecule has 0 aromatic carbocycles. The molecule has 0 spiro atoms. The highest BCUT2D eigenvalue weighted by Crippen LogP contribution is 2.28. The summed E-state index contributed by atoms with van der Waals surface area (Å²) in [5.41, 5.74) is 8.87. The minimum absolute atomic E-state index is 0.437. The SMILES string of the molecule is C#CCn1c(C)nc(-c2cn(C)nc2CC)c1N. The molecule has 0 aliphatic rings. The second-order valence-corrected chi connectivity index (χ2v) is 4.20. The van der Waals surface area contributed by atoms with Gasteiger partial charge in [0.1, 0.15) is 17.3 Å². The molecule has 5 nitrogen and oxygen atoms in total. The molecule has 0 unspecified atom stereocenters. The van der Waals surface area contributed by atoms with Gasteiger partial charge in [-0.05, 0) is 13.3 Å². The van der Waals surface area contributed by atoms with E-state index >= 15 is 0 Å². The van der Waals surface area contributed by atoms with Gasteiger partial charge in [-0.2, -0.15) is 5.10 Å². The maximum Gasteiger partial charge on any atom is 0.132 e. The Balaban J connectivity index is 2.58. The first kappa shape index (κ1) is 12.2. The van der Waals surface area contributed by atoms with Crippen LogP contribution in [0.3, 0.4) is 0 Å². The van der Waals surface area contributed by atoms with Crippen LogP contribution in [0, 0.1) is 19.3 Å². The van der Waals surface area contributed by atoms with E-state index in [-0.39, 0.29) is 0 Å². The Morgan fingerprint density at radius 3 is 2.83 bits per heavy atom. The number of rotatable bonds is 3. The largest absolute Gasteiger partial charge is 0.383 e. The molecule has 2 aromatic rings. The van der Waals surface area contributed by atoms with E-state index in [2.05, 4.69) is 22.9 Å². The van der Waals surface area contributed by atoms with E-state index in [1.54, 1.807) is 4.68 Å². The van der Waals surface area contributed by atoms with E-state index in [4.69, 9.17) is 12.2 Å². The van der Waals surface area contributed by atoms with E-state index in [0.29, 0.717) is 12.4 Å². The van der Waals surface area contributed by atoms with E-state index in [1.807, 2.05) is 24.7 Å². The summed E-state index contributed by atoms with van der Waals surface area (Å²) in [7, 11) is 1.89. The Labute approximate surface area is 107 Å². The standard InChI is InChI=1S/C13H17N5/c1-5-7-18-9(3)15-12(13(18)14)10-8-17(4)16-11(10)6-2/h1,8H,6-7,14H2,2-4H3. The lowest BCUT2D eigenvalue weighted by atomic mass is 10.1. The van der Waals surface area contributed by atoms with Crippen LogP contribution in [0.5, 0.6) is 0 Å². The molecular weight excluding hydrogens is 226 g/mol. The average Bonchev–Trinajstić information content (AvgIpc) is 2.84.